The van der Waals surface area contributed by atoms with Gasteiger partial charge in [-0.1, -0.05) is 15.9 Å². The van der Waals surface area contributed by atoms with E-state index in [4.69, 9.17) is 10.8 Å². The zero-order valence-corrected chi connectivity index (χ0v) is 14.4. The fourth-order valence-electron chi connectivity index (χ4n) is 3.00. The van der Waals surface area contributed by atoms with Crippen LogP contribution in [0.2, 0.25) is 0 Å². The highest BCUT2D eigenvalue weighted by atomic mass is 79.9. The minimum absolute atomic E-state index is 0.115. The highest BCUT2D eigenvalue weighted by Gasteiger charge is 2.30. The van der Waals surface area contributed by atoms with Crippen LogP contribution in [-0.2, 0) is 4.79 Å². The third-order valence-electron chi connectivity index (χ3n) is 4.19. The van der Waals surface area contributed by atoms with Crippen molar-refractivity contribution in [1.82, 2.24) is 9.88 Å². The molecule has 0 bridgehead atoms. The van der Waals surface area contributed by atoms with Crippen LogP contribution in [0.4, 0.5) is 16.2 Å². The third kappa shape index (κ3) is 3.28. The molecule has 7 nitrogen and oxygen atoms in total. The van der Waals surface area contributed by atoms with Crippen molar-refractivity contribution < 1.29 is 14.7 Å². The predicted molar refractivity (Wildman–Crippen MR) is 94.9 cm³/mol. The number of nitrogens with one attached hydrogen (secondary N) is 1. The third-order valence-corrected chi connectivity index (χ3v) is 4.68. The van der Waals surface area contributed by atoms with Crippen LogP contribution in [0.1, 0.15) is 19.3 Å². The molecule has 0 aliphatic carbocycles. The van der Waals surface area contributed by atoms with E-state index in [1.165, 1.54) is 11.1 Å². The number of likely N-dealkylation sites (tertiary alicyclic amines) is 1. The van der Waals surface area contributed by atoms with Crippen molar-refractivity contribution >= 4 is 50.2 Å². The number of nitrogens with zero attached hydrogens (tertiary/aromatic N) is 2. The number of carboxylic acid groups (broad SMARTS) is 1. The molecule has 0 unspecified atom stereocenters. The lowest BCUT2D eigenvalue weighted by molar-refractivity contribution is -0.117. The van der Waals surface area contributed by atoms with Gasteiger partial charge in [0.1, 0.15) is 0 Å². The van der Waals surface area contributed by atoms with E-state index in [1.54, 1.807) is 0 Å². The quantitative estimate of drug-likeness (QED) is 0.743. The molecule has 1 aliphatic rings. The summed E-state index contributed by atoms with van der Waals surface area (Å²) in [4.78, 5) is 29.0. The maximum absolute atomic E-state index is 12.3. The first-order valence-corrected chi connectivity index (χ1v) is 8.38. The predicted octanol–water partition coefficient (Wildman–Crippen LogP) is 3.05. The van der Waals surface area contributed by atoms with Gasteiger partial charge in [-0.15, -0.1) is 0 Å². The van der Waals surface area contributed by atoms with Crippen molar-refractivity contribution in [3.05, 3.63) is 28.9 Å². The van der Waals surface area contributed by atoms with Crippen molar-refractivity contribution in [3.8, 4) is 0 Å². The van der Waals surface area contributed by atoms with E-state index >= 15 is 0 Å². The van der Waals surface area contributed by atoms with E-state index in [1.807, 2.05) is 18.2 Å². The standard InChI is InChI=1S/C16H17BrN4O3/c17-9-3-4-11-12(6-9)19-8-13(15(11)18)20-14(22)7-10-2-1-5-21(10)16(23)24/h3-4,6,8,10H,1-2,5,7H2,(H2,18,19)(H,20,22)(H,23,24)/t10-/m0/s1. The average Bonchev–Trinajstić information content (AvgIpc) is 2.98. The number of nitrogens with two attached hydrogens (primary N) is 1. The lowest BCUT2D eigenvalue weighted by Gasteiger charge is -2.21. The normalized spacial score (nSPS) is 17.2. The minimum Gasteiger partial charge on any atom is -0.465 e. The Hall–Kier alpha value is -2.35. The van der Waals surface area contributed by atoms with Gasteiger partial charge in [-0.05, 0) is 31.0 Å². The maximum atomic E-state index is 12.3. The summed E-state index contributed by atoms with van der Waals surface area (Å²) in [7, 11) is 0. The van der Waals surface area contributed by atoms with Crippen LogP contribution in [0.15, 0.2) is 28.9 Å². The van der Waals surface area contributed by atoms with Crippen molar-refractivity contribution in [2.24, 2.45) is 0 Å². The van der Waals surface area contributed by atoms with Gasteiger partial charge in [0.25, 0.3) is 0 Å². The Balaban J connectivity index is 1.75. The molecule has 8 heteroatoms. The molecule has 0 saturated carbocycles. The van der Waals surface area contributed by atoms with Crippen molar-refractivity contribution in [1.29, 1.82) is 0 Å². The number of fused-ring (bicyclic) bond motifs is 1. The Morgan fingerprint density at radius 1 is 1.46 bits per heavy atom. The number of rotatable bonds is 3. The SMILES string of the molecule is Nc1c(NC(=O)C[C@@H]2CCCN2C(=O)O)cnc2cc(Br)ccc12. The largest absolute Gasteiger partial charge is 0.465 e. The molecule has 0 spiro atoms. The van der Waals surface area contributed by atoms with Gasteiger partial charge in [-0.3, -0.25) is 9.78 Å². The van der Waals surface area contributed by atoms with Crippen LogP contribution in [0, 0.1) is 0 Å². The van der Waals surface area contributed by atoms with Gasteiger partial charge in [0.15, 0.2) is 0 Å². The number of hydrogen-bond acceptors (Lipinski definition) is 4. The Bertz CT molecular complexity index is 811. The molecule has 3 rings (SSSR count). The van der Waals surface area contributed by atoms with E-state index in [2.05, 4.69) is 26.2 Å². The molecule has 24 heavy (non-hydrogen) atoms. The van der Waals surface area contributed by atoms with Crippen LogP contribution in [-0.4, -0.2) is 39.6 Å². The lowest BCUT2D eigenvalue weighted by atomic mass is 10.1. The number of carbonyl (C=O) groups excluding carboxylic acids is 1. The monoisotopic (exact) mass is 392 g/mol. The summed E-state index contributed by atoms with van der Waals surface area (Å²) in [6.45, 7) is 0.474. The first-order chi connectivity index (χ1) is 11.5. The number of amides is 2. The summed E-state index contributed by atoms with van der Waals surface area (Å²) in [5.74, 6) is -0.266. The van der Waals surface area contributed by atoms with Crippen molar-refractivity contribution in [2.75, 3.05) is 17.6 Å². The molecule has 1 atom stereocenters. The van der Waals surface area contributed by atoms with Gasteiger partial charge in [-0.2, -0.15) is 0 Å². The molecule has 4 N–H and O–H groups in total. The van der Waals surface area contributed by atoms with Crippen LogP contribution in [0.3, 0.4) is 0 Å². The number of nitrogen functional groups attached to an aromatic ring is 1. The Morgan fingerprint density at radius 3 is 3.00 bits per heavy atom. The number of halogens is 1. The second-order valence-corrected chi connectivity index (χ2v) is 6.69. The summed E-state index contributed by atoms with van der Waals surface area (Å²) in [5.41, 5.74) is 7.74. The zero-order valence-electron chi connectivity index (χ0n) is 12.8. The summed E-state index contributed by atoms with van der Waals surface area (Å²) in [6, 6.07) is 5.25. The lowest BCUT2D eigenvalue weighted by Crippen LogP contribution is -2.36. The topological polar surface area (TPSA) is 109 Å². The number of pyridine rings is 1. The Morgan fingerprint density at radius 2 is 2.25 bits per heavy atom. The van der Waals surface area contributed by atoms with Crippen molar-refractivity contribution in [2.45, 2.75) is 25.3 Å². The van der Waals surface area contributed by atoms with Crippen LogP contribution < -0.4 is 11.1 Å². The summed E-state index contributed by atoms with van der Waals surface area (Å²) < 4.78 is 0.897. The summed E-state index contributed by atoms with van der Waals surface area (Å²) in [6.07, 6.45) is 2.12. The molecule has 1 aliphatic heterocycles. The number of carbonyl (C=O) groups is 2. The van der Waals surface area contributed by atoms with Crippen LogP contribution >= 0.6 is 15.9 Å². The maximum Gasteiger partial charge on any atom is 0.407 e. The first-order valence-electron chi connectivity index (χ1n) is 7.59. The number of aromatic nitrogens is 1. The highest BCUT2D eigenvalue weighted by molar-refractivity contribution is 9.10. The highest BCUT2D eigenvalue weighted by Crippen LogP contribution is 2.29. The Labute approximate surface area is 147 Å². The molecule has 1 saturated heterocycles. The number of hydrogen-bond donors (Lipinski definition) is 3. The summed E-state index contributed by atoms with van der Waals surface area (Å²) in [5, 5.41) is 12.6. The molecule has 2 aromatic rings. The zero-order chi connectivity index (χ0) is 17.3. The second-order valence-electron chi connectivity index (χ2n) is 5.77. The number of benzene rings is 1. The second kappa shape index (κ2) is 6.64. The van der Waals surface area contributed by atoms with Crippen LogP contribution in [0.25, 0.3) is 10.9 Å². The molecule has 0 radical (unpaired) electrons. The van der Waals surface area contributed by atoms with Gasteiger partial charge >= 0.3 is 6.09 Å². The van der Waals surface area contributed by atoms with E-state index in [9.17, 15) is 9.59 Å². The van der Waals surface area contributed by atoms with E-state index < -0.39 is 6.09 Å². The molecule has 1 aromatic carbocycles. The Kier molecular flexibility index (Phi) is 4.57. The van der Waals surface area contributed by atoms with E-state index in [-0.39, 0.29) is 18.4 Å². The first kappa shape index (κ1) is 16.5. The average molecular weight is 393 g/mol. The van der Waals surface area contributed by atoms with E-state index in [0.29, 0.717) is 24.3 Å². The van der Waals surface area contributed by atoms with E-state index in [0.717, 1.165) is 21.8 Å². The molecular formula is C16H17BrN4O3. The molecule has 2 amide bonds. The van der Waals surface area contributed by atoms with Gasteiger partial charge in [0, 0.05) is 28.9 Å². The molecular weight excluding hydrogens is 376 g/mol. The fourth-order valence-corrected chi connectivity index (χ4v) is 3.35. The van der Waals surface area contributed by atoms with Gasteiger partial charge in [0.2, 0.25) is 5.91 Å². The number of anilines is 2. The fraction of sp³-hybridized carbons (Fsp3) is 0.312. The molecule has 1 fully saturated rings. The van der Waals surface area contributed by atoms with Crippen molar-refractivity contribution in [3.63, 3.8) is 0 Å². The minimum atomic E-state index is -0.984. The molecule has 126 valence electrons. The summed E-state index contributed by atoms with van der Waals surface area (Å²) >= 11 is 3.38. The molecule has 2 heterocycles. The molecule has 1 aromatic heterocycles. The van der Waals surface area contributed by atoms with Crippen LogP contribution in [0.5, 0.6) is 0 Å². The van der Waals surface area contributed by atoms with Gasteiger partial charge < -0.3 is 21.1 Å². The van der Waals surface area contributed by atoms with Gasteiger partial charge in [0.05, 0.1) is 23.1 Å². The van der Waals surface area contributed by atoms with Gasteiger partial charge in [-0.25, -0.2) is 4.79 Å². The smallest absolute Gasteiger partial charge is 0.407 e.